The molecule has 1 aromatic carbocycles. The molecule has 0 aliphatic heterocycles. The number of ketones is 1. The van der Waals surface area contributed by atoms with Gasteiger partial charge in [-0.2, -0.15) is 0 Å². The molecule has 0 unspecified atom stereocenters. The van der Waals surface area contributed by atoms with E-state index in [9.17, 15) is 9.59 Å². The number of thioether (sulfide) groups is 1. The van der Waals surface area contributed by atoms with Crippen molar-refractivity contribution in [2.75, 3.05) is 5.32 Å². The molecule has 2 aromatic heterocycles. The van der Waals surface area contributed by atoms with Crippen LogP contribution in [0.2, 0.25) is 0 Å². The standard InChI is InChI=1S/C22H25N5O2S/c1-14(30-21-26-25-19(27(21)5)16-10-12-23-13-11-16)18(28)15-6-8-17(9-7-15)24-20(29)22(2,3)4/h6-14H,1-5H3,(H,24,29)/t14-/m0/s1. The Bertz CT molecular complexity index is 1040. The Morgan fingerprint density at radius 1 is 1.03 bits per heavy atom. The molecule has 2 heterocycles. The first-order chi connectivity index (χ1) is 14.2. The highest BCUT2D eigenvalue weighted by atomic mass is 32.2. The monoisotopic (exact) mass is 423 g/mol. The largest absolute Gasteiger partial charge is 0.326 e. The molecule has 0 aliphatic carbocycles. The van der Waals surface area contributed by atoms with Gasteiger partial charge in [0.25, 0.3) is 0 Å². The van der Waals surface area contributed by atoms with Gasteiger partial charge in [-0.25, -0.2) is 0 Å². The summed E-state index contributed by atoms with van der Waals surface area (Å²) in [7, 11) is 1.88. The van der Waals surface area contributed by atoms with E-state index in [0.717, 1.165) is 11.4 Å². The SMILES string of the molecule is C[C@H](Sc1nnc(-c2ccncc2)n1C)C(=O)c1ccc(NC(=O)C(C)(C)C)cc1. The second-order valence-corrected chi connectivity index (χ2v) is 9.31. The summed E-state index contributed by atoms with van der Waals surface area (Å²) >= 11 is 1.36. The molecule has 0 fully saturated rings. The first-order valence-electron chi connectivity index (χ1n) is 9.59. The first-order valence-corrected chi connectivity index (χ1v) is 10.5. The van der Waals surface area contributed by atoms with E-state index in [1.54, 1.807) is 36.7 Å². The lowest BCUT2D eigenvalue weighted by molar-refractivity contribution is -0.123. The van der Waals surface area contributed by atoms with Gasteiger partial charge in [0.05, 0.1) is 5.25 Å². The van der Waals surface area contributed by atoms with Gasteiger partial charge < -0.3 is 9.88 Å². The van der Waals surface area contributed by atoms with Gasteiger partial charge in [-0.15, -0.1) is 10.2 Å². The lowest BCUT2D eigenvalue weighted by Gasteiger charge is -2.17. The van der Waals surface area contributed by atoms with E-state index in [4.69, 9.17) is 0 Å². The average Bonchev–Trinajstić information content (AvgIpc) is 3.08. The van der Waals surface area contributed by atoms with Gasteiger partial charge in [-0.3, -0.25) is 14.6 Å². The molecule has 0 radical (unpaired) electrons. The highest BCUT2D eigenvalue weighted by Gasteiger charge is 2.22. The number of amides is 1. The molecule has 0 saturated heterocycles. The summed E-state index contributed by atoms with van der Waals surface area (Å²) in [4.78, 5) is 29.0. The number of aromatic nitrogens is 4. The summed E-state index contributed by atoms with van der Waals surface area (Å²) in [6, 6.07) is 10.7. The lowest BCUT2D eigenvalue weighted by Crippen LogP contribution is -2.27. The van der Waals surface area contributed by atoms with Crippen molar-refractivity contribution in [3.63, 3.8) is 0 Å². The number of carbonyl (C=O) groups excluding carboxylic acids is 2. The van der Waals surface area contributed by atoms with Crippen LogP contribution >= 0.6 is 11.8 Å². The maximum atomic E-state index is 12.9. The van der Waals surface area contributed by atoms with E-state index in [0.29, 0.717) is 16.4 Å². The Kier molecular flexibility index (Phi) is 6.36. The number of nitrogens with one attached hydrogen (secondary N) is 1. The van der Waals surface area contributed by atoms with E-state index >= 15 is 0 Å². The predicted molar refractivity (Wildman–Crippen MR) is 118 cm³/mol. The third kappa shape index (κ3) is 4.94. The quantitative estimate of drug-likeness (QED) is 0.471. The fourth-order valence-electron chi connectivity index (χ4n) is 2.65. The lowest BCUT2D eigenvalue weighted by atomic mass is 9.95. The van der Waals surface area contributed by atoms with E-state index in [2.05, 4.69) is 20.5 Å². The average molecular weight is 424 g/mol. The summed E-state index contributed by atoms with van der Waals surface area (Å²) in [6.07, 6.45) is 3.41. The molecule has 1 N–H and O–H groups in total. The highest BCUT2D eigenvalue weighted by molar-refractivity contribution is 8.00. The number of carbonyl (C=O) groups is 2. The van der Waals surface area contributed by atoms with Crippen LogP contribution in [-0.2, 0) is 11.8 Å². The number of hydrogen-bond acceptors (Lipinski definition) is 6. The van der Waals surface area contributed by atoms with Crippen molar-refractivity contribution in [1.29, 1.82) is 0 Å². The van der Waals surface area contributed by atoms with Crippen LogP contribution < -0.4 is 5.32 Å². The zero-order valence-electron chi connectivity index (χ0n) is 17.7. The summed E-state index contributed by atoms with van der Waals surface area (Å²) in [5.41, 5.74) is 1.69. The van der Waals surface area contributed by atoms with Gasteiger partial charge in [-0.1, -0.05) is 32.5 Å². The van der Waals surface area contributed by atoms with Crippen LogP contribution in [0.5, 0.6) is 0 Å². The summed E-state index contributed by atoms with van der Waals surface area (Å²) in [5, 5.41) is 11.7. The number of rotatable bonds is 6. The second-order valence-electron chi connectivity index (χ2n) is 8.01. The maximum Gasteiger partial charge on any atom is 0.229 e. The minimum atomic E-state index is -0.481. The number of anilines is 1. The molecule has 8 heteroatoms. The van der Waals surface area contributed by atoms with E-state index in [1.165, 1.54) is 11.8 Å². The van der Waals surface area contributed by atoms with Crippen molar-refractivity contribution >= 4 is 29.1 Å². The topological polar surface area (TPSA) is 89.8 Å². The molecule has 1 atom stereocenters. The highest BCUT2D eigenvalue weighted by Crippen LogP contribution is 2.27. The second kappa shape index (κ2) is 8.79. The molecule has 0 spiro atoms. The Balaban J connectivity index is 1.68. The van der Waals surface area contributed by atoms with Crippen molar-refractivity contribution in [2.45, 2.75) is 38.1 Å². The van der Waals surface area contributed by atoms with Crippen molar-refractivity contribution < 1.29 is 9.59 Å². The summed E-state index contributed by atoms with van der Waals surface area (Å²) in [6.45, 7) is 7.41. The Hall–Kier alpha value is -3.00. The molecule has 7 nitrogen and oxygen atoms in total. The molecule has 3 aromatic rings. The molecule has 0 saturated carbocycles. The molecule has 0 aliphatic rings. The molecule has 30 heavy (non-hydrogen) atoms. The first kappa shape index (κ1) is 21.7. The zero-order chi connectivity index (χ0) is 21.9. The third-order valence-electron chi connectivity index (χ3n) is 4.53. The van der Waals surface area contributed by atoms with Gasteiger partial charge in [0.1, 0.15) is 0 Å². The normalized spacial score (nSPS) is 12.4. The molecular formula is C22H25N5O2S. The minimum Gasteiger partial charge on any atom is -0.326 e. The molecule has 156 valence electrons. The van der Waals surface area contributed by atoms with Crippen LogP contribution in [0.15, 0.2) is 53.9 Å². The van der Waals surface area contributed by atoms with Gasteiger partial charge in [0.15, 0.2) is 16.8 Å². The predicted octanol–water partition coefficient (Wildman–Crippen LogP) is 4.23. The molecule has 3 rings (SSSR count). The smallest absolute Gasteiger partial charge is 0.229 e. The third-order valence-corrected chi connectivity index (χ3v) is 5.67. The number of nitrogens with zero attached hydrogens (tertiary/aromatic N) is 4. The van der Waals surface area contributed by atoms with Crippen LogP contribution in [0.4, 0.5) is 5.69 Å². The van der Waals surface area contributed by atoms with Crippen molar-refractivity contribution in [2.24, 2.45) is 12.5 Å². The van der Waals surface area contributed by atoms with Crippen molar-refractivity contribution in [3.8, 4) is 11.4 Å². The Labute approximate surface area is 180 Å². The van der Waals surface area contributed by atoms with Crippen LogP contribution in [0.1, 0.15) is 38.1 Å². The van der Waals surface area contributed by atoms with Crippen molar-refractivity contribution in [3.05, 3.63) is 54.4 Å². The maximum absolute atomic E-state index is 12.9. The van der Waals surface area contributed by atoms with Gasteiger partial charge in [0, 0.05) is 41.7 Å². The minimum absolute atomic E-state index is 0.0119. The Morgan fingerprint density at radius 3 is 2.27 bits per heavy atom. The van der Waals surface area contributed by atoms with Gasteiger partial charge in [-0.05, 0) is 43.3 Å². The molecule has 0 bridgehead atoms. The van der Waals surface area contributed by atoms with E-state index < -0.39 is 5.41 Å². The van der Waals surface area contributed by atoms with Crippen molar-refractivity contribution in [1.82, 2.24) is 19.7 Å². The number of hydrogen-bond donors (Lipinski definition) is 1. The fourth-order valence-corrected chi connectivity index (χ4v) is 3.54. The van der Waals surface area contributed by atoms with Crippen LogP contribution in [-0.4, -0.2) is 36.7 Å². The van der Waals surface area contributed by atoms with Crippen LogP contribution in [0.25, 0.3) is 11.4 Å². The number of Topliss-reactive ketones (excluding diaryl/α,β-unsaturated/α-hetero) is 1. The molecular weight excluding hydrogens is 398 g/mol. The molecule has 1 amide bonds. The van der Waals surface area contributed by atoms with E-state index in [-0.39, 0.29) is 16.9 Å². The van der Waals surface area contributed by atoms with Crippen LogP contribution in [0, 0.1) is 5.41 Å². The number of benzene rings is 1. The summed E-state index contributed by atoms with van der Waals surface area (Å²) < 4.78 is 1.87. The Morgan fingerprint density at radius 2 is 1.67 bits per heavy atom. The van der Waals surface area contributed by atoms with Gasteiger partial charge >= 0.3 is 0 Å². The fraction of sp³-hybridized carbons (Fsp3) is 0.318. The zero-order valence-corrected chi connectivity index (χ0v) is 18.5. The number of pyridine rings is 1. The van der Waals surface area contributed by atoms with E-state index in [1.807, 2.05) is 51.4 Å². The van der Waals surface area contributed by atoms with Gasteiger partial charge in [0.2, 0.25) is 5.91 Å². The summed E-state index contributed by atoms with van der Waals surface area (Å²) in [5.74, 6) is 0.637. The van der Waals surface area contributed by atoms with Crippen LogP contribution in [0.3, 0.4) is 0 Å².